The van der Waals surface area contributed by atoms with E-state index < -0.39 is 5.97 Å². The highest BCUT2D eigenvalue weighted by molar-refractivity contribution is 5.85. The van der Waals surface area contributed by atoms with E-state index in [1.807, 2.05) is 0 Å². The predicted molar refractivity (Wildman–Crippen MR) is 57.7 cm³/mol. The van der Waals surface area contributed by atoms with E-state index in [2.05, 4.69) is 4.98 Å². The molecule has 1 N–H and O–H groups in total. The van der Waals surface area contributed by atoms with Crippen LogP contribution >= 0.6 is 0 Å². The Balaban J connectivity index is 2.21. The van der Waals surface area contributed by atoms with E-state index in [9.17, 15) is 9.18 Å². The van der Waals surface area contributed by atoms with Gasteiger partial charge in [0.1, 0.15) is 11.6 Å². The molecule has 0 spiro atoms. The molecule has 4 nitrogen and oxygen atoms in total. The number of aromatic nitrogens is 1. The molecule has 2 rings (SSSR count). The van der Waals surface area contributed by atoms with Gasteiger partial charge >= 0.3 is 5.97 Å². The first kappa shape index (κ1) is 11.1. The van der Waals surface area contributed by atoms with Crippen molar-refractivity contribution in [3.63, 3.8) is 0 Å². The Labute approximate surface area is 96.3 Å². The number of carboxylic acid groups (broad SMARTS) is 1. The summed E-state index contributed by atoms with van der Waals surface area (Å²) in [5, 5.41) is 8.74. The largest absolute Gasteiger partial charge is 0.477 e. The molecular weight excluding hydrogens is 225 g/mol. The maximum atomic E-state index is 12.6. The molecule has 0 fully saturated rings. The fraction of sp³-hybridized carbons (Fsp3) is 0. The van der Waals surface area contributed by atoms with Gasteiger partial charge in [0.15, 0.2) is 5.69 Å². The van der Waals surface area contributed by atoms with Gasteiger partial charge in [-0.25, -0.2) is 14.2 Å². The number of benzene rings is 1. The average Bonchev–Trinajstić information content (AvgIpc) is 2.32. The number of carboxylic acids is 1. The highest BCUT2D eigenvalue weighted by Gasteiger charge is 2.06. The number of carbonyl (C=O) groups is 1. The van der Waals surface area contributed by atoms with Crippen LogP contribution in [0.15, 0.2) is 42.5 Å². The summed E-state index contributed by atoms with van der Waals surface area (Å²) in [6, 6.07) is 9.77. The molecule has 5 heteroatoms. The van der Waals surface area contributed by atoms with Crippen molar-refractivity contribution in [3.8, 4) is 11.6 Å². The van der Waals surface area contributed by atoms with Crippen LogP contribution in [0.2, 0.25) is 0 Å². The minimum Gasteiger partial charge on any atom is -0.477 e. The van der Waals surface area contributed by atoms with Crippen LogP contribution in [-0.2, 0) is 0 Å². The Hall–Kier alpha value is -2.43. The lowest BCUT2D eigenvalue weighted by Gasteiger charge is -2.04. The fourth-order valence-corrected chi connectivity index (χ4v) is 1.21. The highest BCUT2D eigenvalue weighted by Crippen LogP contribution is 2.19. The molecule has 0 aliphatic rings. The SMILES string of the molecule is O=C(O)c1cccc(Oc2ccc(F)cc2)n1. The van der Waals surface area contributed by atoms with Gasteiger partial charge < -0.3 is 9.84 Å². The third-order valence-corrected chi connectivity index (χ3v) is 1.98. The van der Waals surface area contributed by atoms with Crippen molar-refractivity contribution in [2.75, 3.05) is 0 Å². The van der Waals surface area contributed by atoms with Gasteiger partial charge in [-0.05, 0) is 30.3 Å². The maximum absolute atomic E-state index is 12.6. The normalized spacial score (nSPS) is 9.94. The van der Waals surface area contributed by atoms with Gasteiger partial charge in [-0.15, -0.1) is 0 Å². The zero-order chi connectivity index (χ0) is 12.3. The molecule has 0 aliphatic carbocycles. The highest BCUT2D eigenvalue weighted by atomic mass is 19.1. The Morgan fingerprint density at radius 3 is 2.53 bits per heavy atom. The molecule has 1 heterocycles. The van der Waals surface area contributed by atoms with Crippen molar-refractivity contribution < 1.29 is 19.0 Å². The second-order valence-electron chi connectivity index (χ2n) is 3.22. The van der Waals surface area contributed by atoms with E-state index in [4.69, 9.17) is 9.84 Å². The van der Waals surface area contributed by atoms with E-state index in [1.54, 1.807) is 0 Å². The van der Waals surface area contributed by atoms with Crippen LogP contribution in [0.3, 0.4) is 0 Å². The third kappa shape index (κ3) is 2.78. The van der Waals surface area contributed by atoms with Gasteiger partial charge in [0, 0.05) is 6.07 Å². The number of aromatic carboxylic acids is 1. The van der Waals surface area contributed by atoms with Crippen molar-refractivity contribution in [2.45, 2.75) is 0 Å². The molecule has 1 aromatic heterocycles. The quantitative estimate of drug-likeness (QED) is 0.885. The Morgan fingerprint density at radius 2 is 1.88 bits per heavy atom. The average molecular weight is 233 g/mol. The molecule has 0 unspecified atom stereocenters. The molecule has 0 bridgehead atoms. The standard InChI is InChI=1S/C12H8FNO3/c13-8-4-6-9(7-5-8)17-11-3-1-2-10(14-11)12(15)16/h1-7H,(H,15,16). The van der Waals surface area contributed by atoms with Gasteiger partial charge in [0.05, 0.1) is 0 Å². The first-order valence-electron chi connectivity index (χ1n) is 4.79. The summed E-state index contributed by atoms with van der Waals surface area (Å²) in [5.41, 5.74) is -0.107. The molecule has 0 atom stereocenters. The third-order valence-electron chi connectivity index (χ3n) is 1.98. The zero-order valence-electron chi connectivity index (χ0n) is 8.63. The summed E-state index contributed by atoms with van der Waals surface area (Å²) in [6.07, 6.45) is 0. The van der Waals surface area contributed by atoms with E-state index >= 15 is 0 Å². The summed E-state index contributed by atoms with van der Waals surface area (Å²) in [7, 11) is 0. The minimum absolute atomic E-state index is 0.107. The second kappa shape index (κ2) is 4.61. The van der Waals surface area contributed by atoms with Gasteiger partial charge in [0.2, 0.25) is 5.88 Å². The number of hydrogen-bond acceptors (Lipinski definition) is 3. The number of rotatable bonds is 3. The Morgan fingerprint density at radius 1 is 1.18 bits per heavy atom. The van der Waals surface area contributed by atoms with Gasteiger partial charge in [-0.3, -0.25) is 0 Å². The molecule has 0 saturated heterocycles. The molecule has 0 aliphatic heterocycles. The first-order chi connectivity index (χ1) is 8.15. The van der Waals surface area contributed by atoms with Crippen LogP contribution in [0.4, 0.5) is 4.39 Å². The van der Waals surface area contributed by atoms with Crippen LogP contribution in [0, 0.1) is 5.82 Å². The minimum atomic E-state index is -1.13. The van der Waals surface area contributed by atoms with Crippen LogP contribution in [-0.4, -0.2) is 16.1 Å². The fourth-order valence-electron chi connectivity index (χ4n) is 1.21. The molecule has 0 amide bonds. The zero-order valence-corrected chi connectivity index (χ0v) is 8.63. The number of nitrogens with zero attached hydrogens (tertiary/aromatic N) is 1. The lowest BCUT2D eigenvalue weighted by atomic mass is 10.3. The van der Waals surface area contributed by atoms with Crippen LogP contribution in [0.5, 0.6) is 11.6 Å². The maximum Gasteiger partial charge on any atom is 0.354 e. The first-order valence-corrected chi connectivity index (χ1v) is 4.79. The van der Waals surface area contributed by atoms with Crippen molar-refractivity contribution >= 4 is 5.97 Å². The van der Waals surface area contributed by atoms with E-state index in [0.717, 1.165) is 0 Å². The number of pyridine rings is 1. The number of hydrogen-bond donors (Lipinski definition) is 1. The molecule has 17 heavy (non-hydrogen) atoms. The molecule has 1 aromatic carbocycles. The molecule has 2 aromatic rings. The van der Waals surface area contributed by atoms with Crippen molar-refractivity contribution in [1.29, 1.82) is 0 Å². The topological polar surface area (TPSA) is 59.4 Å². The van der Waals surface area contributed by atoms with E-state index in [-0.39, 0.29) is 17.4 Å². The van der Waals surface area contributed by atoms with Gasteiger partial charge in [-0.1, -0.05) is 6.07 Å². The number of halogens is 1. The molecule has 86 valence electrons. The number of ether oxygens (including phenoxy) is 1. The summed E-state index contributed by atoms with van der Waals surface area (Å²) in [5.74, 6) is -0.961. The predicted octanol–water partition coefficient (Wildman–Crippen LogP) is 2.71. The van der Waals surface area contributed by atoms with Crippen LogP contribution < -0.4 is 4.74 Å². The Kier molecular flexibility index (Phi) is 3.00. The molecular formula is C12H8FNO3. The Bertz CT molecular complexity index is 540. The van der Waals surface area contributed by atoms with E-state index in [1.165, 1.54) is 42.5 Å². The summed E-state index contributed by atoms with van der Waals surface area (Å²) in [6.45, 7) is 0. The van der Waals surface area contributed by atoms with Crippen molar-refractivity contribution in [1.82, 2.24) is 4.98 Å². The summed E-state index contributed by atoms with van der Waals surface area (Å²) >= 11 is 0. The van der Waals surface area contributed by atoms with Crippen LogP contribution in [0.25, 0.3) is 0 Å². The summed E-state index contributed by atoms with van der Waals surface area (Å²) < 4.78 is 17.9. The van der Waals surface area contributed by atoms with E-state index in [0.29, 0.717) is 5.75 Å². The van der Waals surface area contributed by atoms with Gasteiger partial charge in [0.25, 0.3) is 0 Å². The smallest absolute Gasteiger partial charge is 0.354 e. The molecule has 0 radical (unpaired) electrons. The van der Waals surface area contributed by atoms with Crippen molar-refractivity contribution in [2.24, 2.45) is 0 Å². The monoisotopic (exact) mass is 233 g/mol. The lowest BCUT2D eigenvalue weighted by Crippen LogP contribution is -2.00. The van der Waals surface area contributed by atoms with Gasteiger partial charge in [-0.2, -0.15) is 0 Å². The van der Waals surface area contributed by atoms with Crippen LogP contribution in [0.1, 0.15) is 10.5 Å². The van der Waals surface area contributed by atoms with Crippen molar-refractivity contribution in [3.05, 3.63) is 54.0 Å². The lowest BCUT2D eigenvalue weighted by molar-refractivity contribution is 0.0689. The second-order valence-corrected chi connectivity index (χ2v) is 3.22. The summed E-state index contributed by atoms with van der Waals surface area (Å²) in [4.78, 5) is 14.5. The molecule has 0 saturated carbocycles.